The van der Waals surface area contributed by atoms with E-state index in [-0.39, 0.29) is 6.03 Å². The Labute approximate surface area is 134 Å². The SMILES string of the molecule is Cc1ccc(C)c(NC(NC(=O)N(C)C)C(Cl)(Cl)Cl)c1. The van der Waals surface area contributed by atoms with Gasteiger partial charge in [-0.15, -0.1) is 0 Å². The zero-order valence-corrected chi connectivity index (χ0v) is 14.1. The van der Waals surface area contributed by atoms with Gasteiger partial charge < -0.3 is 15.5 Å². The van der Waals surface area contributed by atoms with E-state index in [0.29, 0.717) is 0 Å². The predicted octanol–water partition coefficient (Wildman–Crippen LogP) is 3.68. The lowest BCUT2D eigenvalue weighted by molar-refractivity contribution is 0.214. The highest BCUT2D eigenvalue weighted by molar-refractivity contribution is 6.68. The van der Waals surface area contributed by atoms with E-state index in [2.05, 4.69) is 10.6 Å². The second-order valence-corrected chi connectivity index (χ2v) is 7.15. The normalized spacial score (nSPS) is 12.8. The van der Waals surface area contributed by atoms with Crippen LogP contribution in [0.1, 0.15) is 11.1 Å². The number of hydrogen-bond acceptors (Lipinski definition) is 2. The van der Waals surface area contributed by atoms with Gasteiger partial charge in [0.1, 0.15) is 6.17 Å². The third kappa shape index (κ3) is 4.93. The number of alkyl halides is 3. The van der Waals surface area contributed by atoms with Crippen LogP contribution in [-0.4, -0.2) is 35.0 Å². The van der Waals surface area contributed by atoms with Crippen LogP contribution < -0.4 is 10.6 Å². The highest BCUT2D eigenvalue weighted by Crippen LogP contribution is 2.32. The molecule has 0 saturated heterocycles. The van der Waals surface area contributed by atoms with Crippen LogP contribution in [-0.2, 0) is 0 Å². The van der Waals surface area contributed by atoms with E-state index in [1.54, 1.807) is 14.1 Å². The number of rotatable bonds is 3. The Balaban J connectivity index is 2.96. The first-order valence-electron chi connectivity index (χ1n) is 5.99. The summed E-state index contributed by atoms with van der Waals surface area (Å²) < 4.78 is -1.68. The molecule has 0 aliphatic heterocycles. The van der Waals surface area contributed by atoms with Crippen molar-refractivity contribution in [1.29, 1.82) is 0 Å². The first-order chi connectivity index (χ1) is 9.11. The molecule has 20 heavy (non-hydrogen) atoms. The van der Waals surface area contributed by atoms with Gasteiger partial charge in [0.2, 0.25) is 3.79 Å². The second kappa shape index (κ2) is 6.74. The molecule has 0 saturated carbocycles. The van der Waals surface area contributed by atoms with Crippen molar-refractivity contribution in [2.24, 2.45) is 0 Å². The average Bonchev–Trinajstić information content (AvgIpc) is 2.31. The van der Waals surface area contributed by atoms with Crippen LogP contribution in [0.25, 0.3) is 0 Å². The summed E-state index contributed by atoms with van der Waals surface area (Å²) in [6, 6.07) is 5.53. The second-order valence-electron chi connectivity index (χ2n) is 4.78. The number of urea groups is 1. The van der Waals surface area contributed by atoms with Crippen LogP contribution in [0.4, 0.5) is 10.5 Å². The van der Waals surface area contributed by atoms with Crippen molar-refractivity contribution in [2.45, 2.75) is 23.8 Å². The number of benzene rings is 1. The molecule has 112 valence electrons. The summed E-state index contributed by atoms with van der Waals surface area (Å²) >= 11 is 17.8. The quantitative estimate of drug-likeness (QED) is 0.652. The number of nitrogens with zero attached hydrogens (tertiary/aromatic N) is 1. The maximum Gasteiger partial charge on any atom is 0.318 e. The van der Waals surface area contributed by atoms with E-state index < -0.39 is 9.96 Å². The van der Waals surface area contributed by atoms with Gasteiger partial charge in [-0.3, -0.25) is 0 Å². The van der Waals surface area contributed by atoms with Gasteiger partial charge in [0.15, 0.2) is 0 Å². The largest absolute Gasteiger partial charge is 0.362 e. The number of amides is 2. The average molecular weight is 339 g/mol. The summed E-state index contributed by atoms with van der Waals surface area (Å²) in [6.45, 7) is 3.90. The Hall–Kier alpha value is -0.840. The van der Waals surface area contributed by atoms with Crippen molar-refractivity contribution in [2.75, 3.05) is 19.4 Å². The lowest BCUT2D eigenvalue weighted by Crippen LogP contribution is -2.52. The van der Waals surface area contributed by atoms with Crippen LogP contribution in [0.15, 0.2) is 18.2 Å². The highest BCUT2D eigenvalue weighted by atomic mass is 35.6. The molecule has 0 aliphatic rings. The Morgan fingerprint density at radius 3 is 2.35 bits per heavy atom. The highest BCUT2D eigenvalue weighted by Gasteiger charge is 2.34. The molecule has 1 atom stereocenters. The Morgan fingerprint density at radius 1 is 1.25 bits per heavy atom. The van der Waals surface area contributed by atoms with Crippen molar-refractivity contribution in [3.05, 3.63) is 29.3 Å². The summed E-state index contributed by atoms with van der Waals surface area (Å²) in [5, 5.41) is 5.69. The van der Waals surface area contributed by atoms with Crippen molar-refractivity contribution in [3.63, 3.8) is 0 Å². The molecule has 0 aliphatic carbocycles. The summed E-state index contributed by atoms with van der Waals surface area (Å²) in [5.74, 6) is 0. The van der Waals surface area contributed by atoms with Crippen molar-refractivity contribution >= 4 is 46.5 Å². The zero-order chi connectivity index (χ0) is 15.5. The van der Waals surface area contributed by atoms with E-state index in [1.165, 1.54) is 4.90 Å². The molecule has 2 amide bonds. The number of hydrogen-bond donors (Lipinski definition) is 2. The fourth-order valence-electron chi connectivity index (χ4n) is 1.50. The van der Waals surface area contributed by atoms with Crippen LogP contribution >= 0.6 is 34.8 Å². The smallest absolute Gasteiger partial charge is 0.318 e. The fraction of sp³-hybridized carbons (Fsp3) is 0.462. The van der Waals surface area contributed by atoms with Gasteiger partial charge >= 0.3 is 6.03 Å². The topological polar surface area (TPSA) is 44.4 Å². The summed E-state index contributed by atoms with van der Waals surface area (Å²) in [6.07, 6.45) is -0.845. The van der Waals surface area contributed by atoms with Gasteiger partial charge in [0.05, 0.1) is 0 Å². The van der Waals surface area contributed by atoms with Gasteiger partial charge in [0, 0.05) is 19.8 Å². The van der Waals surface area contributed by atoms with Crippen LogP contribution in [0.3, 0.4) is 0 Å². The molecular formula is C13H18Cl3N3O. The maximum absolute atomic E-state index is 11.7. The van der Waals surface area contributed by atoms with E-state index in [4.69, 9.17) is 34.8 Å². The monoisotopic (exact) mass is 337 g/mol. The minimum atomic E-state index is -1.68. The van der Waals surface area contributed by atoms with Gasteiger partial charge in [0.25, 0.3) is 0 Å². The summed E-state index contributed by atoms with van der Waals surface area (Å²) in [4.78, 5) is 13.1. The molecule has 1 aromatic carbocycles. The molecule has 1 aromatic rings. The van der Waals surface area contributed by atoms with Gasteiger partial charge in [-0.25, -0.2) is 4.79 Å². The Bertz CT molecular complexity index is 486. The molecule has 0 radical (unpaired) electrons. The van der Waals surface area contributed by atoms with Gasteiger partial charge in [-0.05, 0) is 31.0 Å². The number of aryl methyl sites for hydroxylation is 2. The number of carbonyl (C=O) groups excluding carboxylic acids is 1. The van der Waals surface area contributed by atoms with Crippen LogP contribution in [0.5, 0.6) is 0 Å². The molecule has 0 bridgehead atoms. The van der Waals surface area contributed by atoms with E-state index in [1.807, 2.05) is 32.0 Å². The van der Waals surface area contributed by atoms with Crippen molar-refractivity contribution in [3.8, 4) is 0 Å². The molecule has 1 rings (SSSR count). The minimum absolute atomic E-state index is 0.348. The number of halogens is 3. The fourth-order valence-corrected chi connectivity index (χ4v) is 1.83. The number of anilines is 1. The molecule has 4 nitrogen and oxygen atoms in total. The standard InChI is InChI=1S/C13H18Cl3N3O/c1-8-5-6-9(2)10(7-8)17-11(13(14,15)16)18-12(20)19(3)4/h5-7,11,17H,1-4H3,(H,18,20). The molecule has 2 N–H and O–H groups in total. The lowest BCUT2D eigenvalue weighted by atomic mass is 10.1. The van der Waals surface area contributed by atoms with Gasteiger partial charge in [-0.2, -0.15) is 0 Å². The number of nitrogens with one attached hydrogen (secondary N) is 2. The number of carbonyl (C=O) groups is 1. The van der Waals surface area contributed by atoms with Crippen molar-refractivity contribution < 1.29 is 4.79 Å². The lowest BCUT2D eigenvalue weighted by Gasteiger charge is -2.29. The zero-order valence-electron chi connectivity index (χ0n) is 11.8. The molecule has 0 heterocycles. The van der Waals surface area contributed by atoms with Crippen LogP contribution in [0, 0.1) is 13.8 Å². The molecule has 0 aromatic heterocycles. The molecule has 0 spiro atoms. The molecule has 0 fully saturated rings. The first kappa shape index (κ1) is 17.2. The van der Waals surface area contributed by atoms with Gasteiger partial charge in [-0.1, -0.05) is 46.9 Å². The molecular weight excluding hydrogens is 321 g/mol. The Morgan fingerprint density at radius 2 is 1.85 bits per heavy atom. The third-order valence-corrected chi connectivity index (χ3v) is 3.35. The molecule has 1 unspecified atom stereocenters. The first-order valence-corrected chi connectivity index (χ1v) is 7.13. The summed E-state index contributed by atoms with van der Waals surface area (Å²) in [7, 11) is 3.23. The van der Waals surface area contributed by atoms with E-state index in [0.717, 1.165) is 16.8 Å². The minimum Gasteiger partial charge on any atom is -0.362 e. The Kier molecular flexibility index (Phi) is 5.80. The van der Waals surface area contributed by atoms with Crippen LogP contribution in [0.2, 0.25) is 0 Å². The van der Waals surface area contributed by atoms with Crippen molar-refractivity contribution in [1.82, 2.24) is 10.2 Å². The maximum atomic E-state index is 11.7. The summed E-state index contributed by atoms with van der Waals surface area (Å²) in [5.41, 5.74) is 2.87. The predicted molar refractivity (Wildman–Crippen MR) is 85.8 cm³/mol. The van der Waals surface area contributed by atoms with E-state index >= 15 is 0 Å². The van der Waals surface area contributed by atoms with E-state index in [9.17, 15) is 4.79 Å². The third-order valence-electron chi connectivity index (χ3n) is 2.69. The molecule has 7 heteroatoms.